The van der Waals surface area contributed by atoms with E-state index in [1.54, 1.807) is 27.2 Å². The molecular weight excluding hydrogens is 412 g/mol. The predicted molar refractivity (Wildman–Crippen MR) is 123 cm³/mol. The number of aryl methyl sites for hydroxylation is 1. The normalized spacial score (nSPS) is 18.8. The molecule has 0 spiro atoms. The van der Waals surface area contributed by atoms with Gasteiger partial charge in [-0.15, -0.1) is 0 Å². The van der Waals surface area contributed by atoms with Crippen molar-refractivity contribution in [3.63, 3.8) is 0 Å². The van der Waals surface area contributed by atoms with Gasteiger partial charge in [0.1, 0.15) is 11.5 Å². The fourth-order valence-corrected chi connectivity index (χ4v) is 4.52. The van der Waals surface area contributed by atoms with Gasteiger partial charge in [0.2, 0.25) is 0 Å². The maximum Gasteiger partial charge on any atom is 0.300 e. The third-order valence-electron chi connectivity index (χ3n) is 6.38. The van der Waals surface area contributed by atoms with Gasteiger partial charge in [-0.1, -0.05) is 38.7 Å². The molecule has 32 heavy (non-hydrogen) atoms. The van der Waals surface area contributed by atoms with Crippen LogP contribution in [0.25, 0.3) is 0 Å². The van der Waals surface area contributed by atoms with Gasteiger partial charge in [0, 0.05) is 22.6 Å². The number of unbranched alkanes of at least 4 members (excludes halogenated alkanes) is 4. The van der Waals surface area contributed by atoms with Crippen molar-refractivity contribution in [1.29, 1.82) is 0 Å². The SMILES string of the molecule is CCCCCCCc1cc(OC)c(C2C=C(C(O)(O)O)CCC2C(C)=C(O)O)c(OC)c1. The summed E-state index contributed by atoms with van der Waals surface area (Å²) in [4.78, 5) is 0. The van der Waals surface area contributed by atoms with Gasteiger partial charge in [0.15, 0.2) is 0 Å². The zero-order valence-corrected chi connectivity index (χ0v) is 19.6. The molecule has 1 aromatic rings. The monoisotopic (exact) mass is 450 g/mol. The first-order valence-electron chi connectivity index (χ1n) is 11.4. The van der Waals surface area contributed by atoms with E-state index < -0.39 is 17.8 Å². The van der Waals surface area contributed by atoms with Crippen molar-refractivity contribution in [2.45, 2.75) is 77.1 Å². The molecule has 7 heteroatoms. The van der Waals surface area contributed by atoms with Gasteiger partial charge in [-0.25, -0.2) is 0 Å². The number of aliphatic hydroxyl groups is 5. The number of methoxy groups -OCH3 is 2. The lowest BCUT2D eigenvalue weighted by Crippen LogP contribution is -2.33. The molecule has 0 saturated heterocycles. The number of benzene rings is 1. The molecule has 2 unspecified atom stereocenters. The summed E-state index contributed by atoms with van der Waals surface area (Å²) in [5, 5.41) is 48.7. The summed E-state index contributed by atoms with van der Waals surface area (Å²) in [6.07, 6.45) is 8.87. The van der Waals surface area contributed by atoms with Crippen LogP contribution in [0.2, 0.25) is 0 Å². The van der Waals surface area contributed by atoms with Gasteiger partial charge in [0.25, 0.3) is 11.9 Å². The van der Waals surface area contributed by atoms with E-state index in [0.717, 1.165) is 24.8 Å². The second-order valence-electron chi connectivity index (χ2n) is 8.58. The van der Waals surface area contributed by atoms with E-state index in [1.165, 1.54) is 19.3 Å². The van der Waals surface area contributed by atoms with Crippen LogP contribution in [0.3, 0.4) is 0 Å². The standard InChI is InChI=1S/C25H38O7/c1-5-6-7-8-9-10-17-13-21(31-3)23(22(14-17)32-4)20-15-18(25(28,29)30)11-12-19(20)16(2)24(26)27/h13-15,19-20,26-30H,5-12H2,1-4H3. The first kappa shape index (κ1) is 26.0. The molecule has 2 atom stereocenters. The highest BCUT2D eigenvalue weighted by Crippen LogP contribution is 2.48. The molecule has 0 amide bonds. The lowest BCUT2D eigenvalue weighted by molar-refractivity contribution is -0.284. The molecule has 0 aliphatic heterocycles. The van der Waals surface area contributed by atoms with Crippen LogP contribution >= 0.6 is 0 Å². The summed E-state index contributed by atoms with van der Waals surface area (Å²) in [7, 11) is 3.12. The van der Waals surface area contributed by atoms with Crippen LogP contribution in [-0.2, 0) is 6.42 Å². The molecule has 0 saturated carbocycles. The van der Waals surface area contributed by atoms with Crippen LogP contribution < -0.4 is 9.47 Å². The minimum atomic E-state index is -2.94. The first-order chi connectivity index (χ1) is 15.1. The minimum absolute atomic E-state index is 0.0492. The Kier molecular flexibility index (Phi) is 9.43. The highest BCUT2D eigenvalue weighted by molar-refractivity contribution is 5.53. The molecule has 180 valence electrons. The third kappa shape index (κ3) is 6.40. The predicted octanol–water partition coefficient (Wildman–Crippen LogP) is 4.61. The second kappa shape index (κ2) is 11.6. The average molecular weight is 451 g/mol. The van der Waals surface area contributed by atoms with Crippen molar-refractivity contribution in [1.82, 2.24) is 0 Å². The fraction of sp³-hybridized carbons (Fsp3) is 0.600. The smallest absolute Gasteiger partial charge is 0.300 e. The molecule has 0 fully saturated rings. The lowest BCUT2D eigenvalue weighted by Gasteiger charge is -2.34. The Morgan fingerprint density at radius 1 is 1.00 bits per heavy atom. The quantitative estimate of drug-likeness (QED) is 0.144. The summed E-state index contributed by atoms with van der Waals surface area (Å²) < 4.78 is 11.4. The van der Waals surface area contributed by atoms with Crippen LogP contribution in [0.15, 0.2) is 35.3 Å². The van der Waals surface area contributed by atoms with E-state index in [9.17, 15) is 25.5 Å². The zero-order chi connectivity index (χ0) is 23.9. The van der Waals surface area contributed by atoms with Crippen LogP contribution in [0.5, 0.6) is 11.5 Å². The van der Waals surface area contributed by atoms with Crippen LogP contribution in [0, 0.1) is 5.92 Å². The van der Waals surface area contributed by atoms with Gasteiger partial charge >= 0.3 is 0 Å². The summed E-state index contributed by atoms with van der Waals surface area (Å²) in [6, 6.07) is 3.91. The molecule has 2 rings (SSSR count). The Labute approximate surface area is 190 Å². The van der Waals surface area contributed by atoms with Crippen molar-refractivity contribution in [2.24, 2.45) is 5.92 Å². The maximum absolute atomic E-state index is 9.77. The van der Waals surface area contributed by atoms with Crippen molar-refractivity contribution in [3.05, 3.63) is 46.4 Å². The average Bonchev–Trinajstić information content (AvgIpc) is 2.76. The van der Waals surface area contributed by atoms with Crippen molar-refractivity contribution < 1.29 is 35.0 Å². The van der Waals surface area contributed by atoms with E-state index in [2.05, 4.69) is 6.92 Å². The van der Waals surface area contributed by atoms with Gasteiger partial charge in [-0.05, 0) is 56.2 Å². The number of rotatable bonds is 11. The molecule has 0 aromatic heterocycles. The number of hydrogen-bond acceptors (Lipinski definition) is 7. The van der Waals surface area contributed by atoms with E-state index >= 15 is 0 Å². The molecule has 1 aromatic carbocycles. The molecule has 0 bridgehead atoms. The van der Waals surface area contributed by atoms with Crippen molar-refractivity contribution in [3.8, 4) is 11.5 Å². The van der Waals surface area contributed by atoms with E-state index in [0.29, 0.717) is 29.1 Å². The van der Waals surface area contributed by atoms with E-state index in [1.807, 2.05) is 12.1 Å². The molecule has 0 heterocycles. The van der Waals surface area contributed by atoms with E-state index in [-0.39, 0.29) is 17.9 Å². The third-order valence-corrected chi connectivity index (χ3v) is 6.38. The Balaban J connectivity index is 2.50. The maximum atomic E-state index is 9.77. The summed E-state index contributed by atoms with van der Waals surface area (Å²) in [5.41, 5.74) is 2.16. The highest BCUT2D eigenvalue weighted by Gasteiger charge is 2.38. The lowest BCUT2D eigenvalue weighted by atomic mass is 9.72. The van der Waals surface area contributed by atoms with E-state index in [4.69, 9.17) is 9.47 Å². The minimum Gasteiger partial charge on any atom is -0.496 e. The highest BCUT2D eigenvalue weighted by atomic mass is 16.7. The van der Waals surface area contributed by atoms with Crippen LogP contribution in [0.1, 0.15) is 75.8 Å². The van der Waals surface area contributed by atoms with Gasteiger partial charge in [-0.3, -0.25) is 0 Å². The van der Waals surface area contributed by atoms with Gasteiger partial charge < -0.3 is 35.0 Å². The molecule has 5 N–H and O–H groups in total. The number of hydrogen-bond donors (Lipinski definition) is 5. The van der Waals surface area contributed by atoms with Gasteiger partial charge in [0.05, 0.1) is 14.2 Å². The van der Waals surface area contributed by atoms with Crippen molar-refractivity contribution in [2.75, 3.05) is 14.2 Å². The Morgan fingerprint density at radius 3 is 2.09 bits per heavy atom. The molecule has 1 aliphatic carbocycles. The van der Waals surface area contributed by atoms with Crippen LogP contribution in [0.4, 0.5) is 0 Å². The van der Waals surface area contributed by atoms with Gasteiger partial charge in [-0.2, -0.15) is 0 Å². The molecule has 7 nitrogen and oxygen atoms in total. The fourth-order valence-electron chi connectivity index (χ4n) is 4.52. The van der Waals surface area contributed by atoms with Crippen molar-refractivity contribution >= 4 is 0 Å². The summed E-state index contributed by atoms with van der Waals surface area (Å²) in [6.45, 7) is 3.81. The first-order valence-corrected chi connectivity index (χ1v) is 11.4. The molecular formula is C25H38O7. The topological polar surface area (TPSA) is 120 Å². The number of allylic oxidation sites excluding steroid dienone is 2. The number of aliphatic hydroxyl groups excluding tert-OH is 1. The molecule has 0 radical (unpaired) electrons. The Morgan fingerprint density at radius 2 is 1.59 bits per heavy atom. The Bertz CT molecular complexity index is 791. The van der Waals surface area contributed by atoms with Crippen LogP contribution in [-0.4, -0.2) is 45.7 Å². The summed E-state index contributed by atoms with van der Waals surface area (Å²) in [5.74, 6) is -3.44. The Hall–Kier alpha value is -2.22. The zero-order valence-electron chi connectivity index (χ0n) is 19.6. The molecule has 1 aliphatic rings. The number of ether oxygens (including phenoxy) is 2. The largest absolute Gasteiger partial charge is 0.496 e. The summed E-state index contributed by atoms with van der Waals surface area (Å²) >= 11 is 0. The second-order valence-corrected chi connectivity index (χ2v) is 8.58.